The summed E-state index contributed by atoms with van der Waals surface area (Å²) in [5, 5.41) is 5.85. The standard InChI is InChI=1S/C41H25N5/c1-2-11-26(12-3-1)27-13-10-14-28(23-27)34-21-22-42-41(44-34)46-36-19-8-6-16-30(36)33-24-32-29-15-4-5-17-31(29)40-43-35-18-7-9-20-37(35)45(40)38(32)25-39(33)46/h1-25H. The van der Waals surface area contributed by atoms with Gasteiger partial charge in [0.2, 0.25) is 5.95 Å². The molecule has 0 aliphatic carbocycles. The maximum absolute atomic E-state index is 5.19. The maximum Gasteiger partial charge on any atom is 0.235 e. The lowest BCUT2D eigenvalue weighted by Crippen LogP contribution is -2.02. The lowest BCUT2D eigenvalue weighted by atomic mass is 10.0. The average molecular weight is 588 g/mol. The Hall–Kier alpha value is -6.33. The molecule has 5 nitrogen and oxygen atoms in total. The maximum atomic E-state index is 5.19. The first kappa shape index (κ1) is 25.0. The molecule has 0 bridgehead atoms. The van der Waals surface area contributed by atoms with Crippen LogP contribution < -0.4 is 0 Å². The summed E-state index contributed by atoms with van der Waals surface area (Å²) in [5.41, 5.74) is 10.5. The highest BCUT2D eigenvalue weighted by Crippen LogP contribution is 2.39. The molecule has 0 aliphatic heterocycles. The van der Waals surface area contributed by atoms with Crippen molar-refractivity contribution in [3.63, 3.8) is 0 Å². The summed E-state index contributed by atoms with van der Waals surface area (Å²) in [6.45, 7) is 0. The van der Waals surface area contributed by atoms with Crippen molar-refractivity contribution in [3.05, 3.63) is 152 Å². The van der Waals surface area contributed by atoms with Crippen LogP contribution in [0.4, 0.5) is 0 Å². The third kappa shape index (κ3) is 3.60. The fourth-order valence-corrected chi connectivity index (χ4v) is 7.09. The van der Waals surface area contributed by atoms with Crippen LogP contribution in [-0.4, -0.2) is 23.9 Å². The number of nitrogens with zero attached hydrogens (tertiary/aromatic N) is 5. The summed E-state index contributed by atoms with van der Waals surface area (Å²) in [6.07, 6.45) is 1.86. The van der Waals surface area contributed by atoms with E-state index in [1.165, 1.54) is 21.7 Å². The molecule has 10 rings (SSSR count). The summed E-state index contributed by atoms with van der Waals surface area (Å²) in [4.78, 5) is 15.1. The van der Waals surface area contributed by atoms with Crippen LogP contribution in [0.15, 0.2) is 152 Å². The van der Waals surface area contributed by atoms with E-state index in [0.29, 0.717) is 5.95 Å². The second-order valence-corrected chi connectivity index (χ2v) is 11.7. The molecule has 0 aliphatic rings. The van der Waals surface area contributed by atoms with Crippen molar-refractivity contribution in [2.24, 2.45) is 0 Å². The molecular formula is C41H25N5. The zero-order chi connectivity index (χ0) is 30.2. The molecule has 0 spiro atoms. The molecule has 0 saturated carbocycles. The summed E-state index contributed by atoms with van der Waals surface area (Å²) in [5.74, 6) is 0.640. The van der Waals surface area contributed by atoms with Crippen LogP contribution in [0.3, 0.4) is 0 Å². The van der Waals surface area contributed by atoms with Gasteiger partial charge in [-0.25, -0.2) is 15.0 Å². The van der Waals surface area contributed by atoms with E-state index < -0.39 is 0 Å². The Balaban J connectivity index is 1.27. The van der Waals surface area contributed by atoms with Gasteiger partial charge in [0.15, 0.2) is 0 Å². The quantitative estimate of drug-likeness (QED) is 0.193. The minimum absolute atomic E-state index is 0.640. The molecule has 10 aromatic rings. The molecule has 0 unspecified atom stereocenters. The van der Waals surface area contributed by atoms with Crippen molar-refractivity contribution in [2.75, 3.05) is 0 Å². The molecule has 4 aromatic heterocycles. The van der Waals surface area contributed by atoms with Gasteiger partial charge in [-0.2, -0.15) is 0 Å². The Bertz CT molecular complexity index is 2810. The second-order valence-electron chi connectivity index (χ2n) is 11.7. The van der Waals surface area contributed by atoms with Crippen LogP contribution in [-0.2, 0) is 0 Å². The summed E-state index contributed by atoms with van der Waals surface area (Å²) >= 11 is 0. The number of hydrogen-bond acceptors (Lipinski definition) is 3. The Morgan fingerprint density at radius 2 is 1.11 bits per heavy atom. The van der Waals surface area contributed by atoms with Gasteiger partial charge in [-0.1, -0.05) is 103 Å². The first-order valence-corrected chi connectivity index (χ1v) is 15.5. The van der Waals surface area contributed by atoms with Gasteiger partial charge in [0, 0.05) is 33.3 Å². The van der Waals surface area contributed by atoms with E-state index in [2.05, 4.69) is 142 Å². The van der Waals surface area contributed by atoms with Gasteiger partial charge in [0.25, 0.3) is 0 Å². The van der Waals surface area contributed by atoms with E-state index in [-0.39, 0.29) is 0 Å². The van der Waals surface area contributed by atoms with Crippen LogP contribution in [0.25, 0.3) is 88.5 Å². The van der Waals surface area contributed by atoms with Crippen LogP contribution >= 0.6 is 0 Å². The Morgan fingerprint density at radius 1 is 0.413 bits per heavy atom. The van der Waals surface area contributed by atoms with E-state index >= 15 is 0 Å². The number of hydrogen-bond donors (Lipinski definition) is 0. The van der Waals surface area contributed by atoms with Crippen LogP contribution in [0.1, 0.15) is 0 Å². The van der Waals surface area contributed by atoms with Gasteiger partial charge in [0.1, 0.15) is 5.65 Å². The third-order valence-electron chi connectivity index (χ3n) is 9.16. The normalized spacial score (nSPS) is 11.9. The highest BCUT2D eigenvalue weighted by molar-refractivity contribution is 6.20. The Labute approximate surface area is 263 Å². The minimum atomic E-state index is 0.640. The predicted octanol–water partition coefficient (Wildman–Crippen LogP) is 10.0. The number of imidazole rings is 1. The van der Waals surface area contributed by atoms with Crippen molar-refractivity contribution >= 4 is 60.2 Å². The first-order chi connectivity index (χ1) is 22.8. The predicted molar refractivity (Wildman–Crippen MR) is 189 cm³/mol. The molecule has 0 radical (unpaired) electrons. The second kappa shape index (κ2) is 9.58. The van der Waals surface area contributed by atoms with Crippen molar-refractivity contribution in [1.82, 2.24) is 23.9 Å². The van der Waals surface area contributed by atoms with Gasteiger partial charge >= 0.3 is 0 Å². The highest BCUT2D eigenvalue weighted by Gasteiger charge is 2.19. The van der Waals surface area contributed by atoms with Crippen molar-refractivity contribution < 1.29 is 0 Å². The molecule has 6 aromatic carbocycles. The topological polar surface area (TPSA) is 48.0 Å². The SMILES string of the molecule is c1ccc(-c2cccc(-c3ccnc(-n4c5ccccc5c5cc6c7ccccc7c7nc8ccccc8n7c6cc54)n3)c2)cc1. The molecule has 214 valence electrons. The number of pyridine rings is 1. The van der Waals surface area contributed by atoms with Gasteiger partial charge in [-0.05, 0) is 59.0 Å². The van der Waals surface area contributed by atoms with Gasteiger partial charge in [-0.3, -0.25) is 8.97 Å². The number of rotatable bonds is 3. The van der Waals surface area contributed by atoms with E-state index in [9.17, 15) is 0 Å². The van der Waals surface area contributed by atoms with E-state index in [0.717, 1.165) is 60.8 Å². The molecule has 0 atom stereocenters. The lowest BCUT2D eigenvalue weighted by molar-refractivity contribution is 0.992. The summed E-state index contributed by atoms with van der Waals surface area (Å²) in [7, 11) is 0. The van der Waals surface area contributed by atoms with Gasteiger partial charge in [0.05, 0.1) is 33.3 Å². The van der Waals surface area contributed by atoms with Crippen LogP contribution in [0, 0.1) is 0 Å². The monoisotopic (exact) mass is 587 g/mol. The third-order valence-corrected chi connectivity index (χ3v) is 9.16. The molecule has 46 heavy (non-hydrogen) atoms. The Morgan fingerprint density at radius 3 is 2.00 bits per heavy atom. The molecule has 5 heteroatoms. The zero-order valence-corrected chi connectivity index (χ0v) is 24.7. The number of benzene rings is 6. The number of fused-ring (bicyclic) bond motifs is 11. The van der Waals surface area contributed by atoms with E-state index in [4.69, 9.17) is 15.0 Å². The summed E-state index contributed by atoms with van der Waals surface area (Å²) < 4.78 is 4.51. The van der Waals surface area contributed by atoms with Crippen LogP contribution in [0.2, 0.25) is 0 Å². The first-order valence-electron chi connectivity index (χ1n) is 15.5. The summed E-state index contributed by atoms with van der Waals surface area (Å²) in [6, 6.07) is 51.1. The van der Waals surface area contributed by atoms with E-state index in [1.54, 1.807) is 0 Å². The average Bonchev–Trinajstić information content (AvgIpc) is 3.68. The van der Waals surface area contributed by atoms with E-state index in [1.807, 2.05) is 18.3 Å². The number of para-hydroxylation sites is 3. The lowest BCUT2D eigenvalue weighted by Gasteiger charge is -2.12. The molecule has 0 amide bonds. The van der Waals surface area contributed by atoms with Crippen molar-refractivity contribution in [2.45, 2.75) is 0 Å². The van der Waals surface area contributed by atoms with Crippen molar-refractivity contribution in [3.8, 4) is 28.3 Å². The molecule has 0 fully saturated rings. The fourth-order valence-electron chi connectivity index (χ4n) is 7.09. The minimum Gasteiger partial charge on any atom is -0.292 e. The van der Waals surface area contributed by atoms with Crippen molar-refractivity contribution in [1.29, 1.82) is 0 Å². The number of aromatic nitrogens is 5. The molecule has 0 N–H and O–H groups in total. The largest absolute Gasteiger partial charge is 0.292 e. The molecular weight excluding hydrogens is 562 g/mol. The smallest absolute Gasteiger partial charge is 0.235 e. The zero-order valence-electron chi connectivity index (χ0n) is 24.7. The molecule has 4 heterocycles. The van der Waals surface area contributed by atoms with Crippen LogP contribution in [0.5, 0.6) is 0 Å². The van der Waals surface area contributed by atoms with Gasteiger partial charge in [-0.15, -0.1) is 0 Å². The fraction of sp³-hybridized carbons (Fsp3) is 0. The molecule has 0 saturated heterocycles. The van der Waals surface area contributed by atoms with Gasteiger partial charge < -0.3 is 0 Å². The Kier molecular flexibility index (Phi) is 5.22. The highest BCUT2D eigenvalue weighted by atomic mass is 15.2.